The predicted molar refractivity (Wildman–Crippen MR) is 90.7 cm³/mol. The van der Waals surface area contributed by atoms with Crippen LogP contribution in [0.4, 0.5) is 5.69 Å². The van der Waals surface area contributed by atoms with E-state index in [1.165, 1.54) is 5.56 Å². The third kappa shape index (κ3) is 5.17. The van der Waals surface area contributed by atoms with E-state index >= 15 is 0 Å². The zero-order chi connectivity index (χ0) is 16.8. The molecule has 0 saturated heterocycles. The van der Waals surface area contributed by atoms with E-state index in [0.29, 0.717) is 18.2 Å². The van der Waals surface area contributed by atoms with E-state index in [-0.39, 0.29) is 11.8 Å². The lowest BCUT2D eigenvalue weighted by Crippen LogP contribution is -2.45. The van der Waals surface area contributed by atoms with Crippen molar-refractivity contribution in [3.05, 3.63) is 29.8 Å². The van der Waals surface area contributed by atoms with Crippen LogP contribution < -0.4 is 10.6 Å². The normalized spacial score (nSPS) is 11.4. The summed E-state index contributed by atoms with van der Waals surface area (Å²) >= 11 is 0. The van der Waals surface area contributed by atoms with Gasteiger partial charge in [-0.3, -0.25) is 9.59 Å². The van der Waals surface area contributed by atoms with Gasteiger partial charge in [-0.1, -0.05) is 32.9 Å². The minimum atomic E-state index is -1.10. The molecule has 0 fully saturated rings. The van der Waals surface area contributed by atoms with Crippen molar-refractivity contribution >= 4 is 17.5 Å². The van der Waals surface area contributed by atoms with Crippen LogP contribution in [-0.4, -0.2) is 18.4 Å². The Labute approximate surface area is 133 Å². The Morgan fingerprint density at radius 1 is 1.09 bits per heavy atom. The van der Waals surface area contributed by atoms with Gasteiger partial charge in [0.25, 0.3) is 0 Å². The summed E-state index contributed by atoms with van der Waals surface area (Å²) in [4.78, 5) is 24.6. The number of hydrogen-bond donors (Lipinski definition) is 2. The molecule has 4 heteroatoms. The largest absolute Gasteiger partial charge is 0.355 e. The molecule has 122 valence electrons. The molecule has 0 saturated carbocycles. The molecule has 0 unspecified atom stereocenters. The molecule has 0 heterocycles. The fourth-order valence-corrected chi connectivity index (χ4v) is 1.91. The topological polar surface area (TPSA) is 58.2 Å². The number of aryl methyl sites for hydroxylation is 1. The van der Waals surface area contributed by atoms with Gasteiger partial charge in [0.1, 0.15) is 5.41 Å². The molecule has 0 spiro atoms. The summed E-state index contributed by atoms with van der Waals surface area (Å²) in [5.74, 6) is -0.0102. The monoisotopic (exact) mass is 304 g/mol. The lowest BCUT2D eigenvalue weighted by atomic mass is 9.90. The highest BCUT2D eigenvalue weighted by Gasteiger charge is 2.35. The van der Waals surface area contributed by atoms with Crippen molar-refractivity contribution in [3.8, 4) is 0 Å². The van der Waals surface area contributed by atoms with Crippen LogP contribution in [0.1, 0.15) is 46.6 Å². The molecule has 0 aliphatic rings. The van der Waals surface area contributed by atoms with Gasteiger partial charge in [0.2, 0.25) is 11.8 Å². The molecule has 0 aliphatic carbocycles. The van der Waals surface area contributed by atoms with Gasteiger partial charge in [-0.15, -0.1) is 0 Å². The smallest absolute Gasteiger partial charge is 0.239 e. The molecule has 0 radical (unpaired) electrons. The maximum Gasteiger partial charge on any atom is 0.239 e. The zero-order valence-corrected chi connectivity index (χ0v) is 14.3. The molecular formula is C18H28N2O2. The van der Waals surface area contributed by atoms with Crippen LogP contribution in [0.3, 0.4) is 0 Å². The number of carbonyl (C=O) groups is 2. The van der Waals surface area contributed by atoms with Crippen LogP contribution in [-0.2, 0) is 16.0 Å². The molecule has 1 rings (SSSR count). The third-order valence-corrected chi connectivity index (χ3v) is 3.76. The van der Waals surface area contributed by atoms with E-state index in [2.05, 4.69) is 31.4 Å². The van der Waals surface area contributed by atoms with Gasteiger partial charge >= 0.3 is 0 Å². The van der Waals surface area contributed by atoms with Crippen molar-refractivity contribution in [1.29, 1.82) is 0 Å². The number of hydrogen-bond acceptors (Lipinski definition) is 2. The van der Waals surface area contributed by atoms with Crippen LogP contribution >= 0.6 is 0 Å². The molecule has 0 aliphatic heterocycles. The summed E-state index contributed by atoms with van der Waals surface area (Å²) in [5.41, 5.74) is 0.828. The van der Waals surface area contributed by atoms with Crippen molar-refractivity contribution in [2.45, 2.75) is 47.5 Å². The molecule has 1 aromatic rings. The van der Waals surface area contributed by atoms with Crippen molar-refractivity contribution in [2.75, 3.05) is 11.9 Å². The first kappa shape index (κ1) is 18.2. The van der Waals surface area contributed by atoms with Crippen LogP contribution in [0.2, 0.25) is 0 Å². The summed E-state index contributed by atoms with van der Waals surface area (Å²) < 4.78 is 0. The number of rotatable bonds is 7. The number of anilines is 1. The van der Waals surface area contributed by atoms with Crippen molar-refractivity contribution < 1.29 is 9.59 Å². The van der Waals surface area contributed by atoms with E-state index in [1.54, 1.807) is 13.8 Å². The van der Waals surface area contributed by atoms with Crippen molar-refractivity contribution in [3.63, 3.8) is 0 Å². The Morgan fingerprint density at radius 2 is 1.68 bits per heavy atom. The van der Waals surface area contributed by atoms with Crippen LogP contribution in [0.25, 0.3) is 0 Å². The quantitative estimate of drug-likeness (QED) is 0.759. The Morgan fingerprint density at radius 3 is 2.18 bits per heavy atom. The van der Waals surface area contributed by atoms with Gasteiger partial charge < -0.3 is 10.6 Å². The summed E-state index contributed by atoms with van der Waals surface area (Å²) in [6.45, 7) is 10.2. The van der Waals surface area contributed by atoms with Gasteiger partial charge in [-0.05, 0) is 50.3 Å². The minimum absolute atomic E-state index is 0.240. The predicted octanol–water partition coefficient (Wildman–Crippen LogP) is 3.38. The maximum absolute atomic E-state index is 12.4. The fourth-order valence-electron chi connectivity index (χ4n) is 1.91. The van der Waals surface area contributed by atoms with Gasteiger partial charge in [0.15, 0.2) is 0 Å². The Balaban J connectivity index is 2.62. The molecule has 4 nitrogen and oxygen atoms in total. The first-order valence-electron chi connectivity index (χ1n) is 7.96. The second-order valence-corrected chi connectivity index (χ2v) is 6.57. The Kier molecular flexibility index (Phi) is 6.60. The maximum atomic E-state index is 12.4. The molecular weight excluding hydrogens is 276 g/mol. The first-order chi connectivity index (χ1) is 10.3. The number of carbonyl (C=O) groups excluding carboxylic acids is 2. The van der Waals surface area contributed by atoms with Crippen molar-refractivity contribution in [2.24, 2.45) is 11.3 Å². The van der Waals surface area contributed by atoms with Gasteiger partial charge in [0, 0.05) is 12.2 Å². The van der Waals surface area contributed by atoms with E-state index < -0.39 is 5.41 Å². The number of nitrogens with one attached hydrogen (secondary N) is 2. The molecule has 0 atom stereocenters. The Bertz CT molecular complexity index is 504. The summed E-state index contributed by atoms with van der Waals surface area (Å²) in [5, 5.41) is 5.65. The lowest BCUT2D eigenvalue weighted by Gasteiger charge is -2.23. The van der Waals surface area contributed by atoms with E-state index in [9.17, 15) is 9.59 Å². The lowest BCUT2D eigenvalue weighted by molar-refractivity contribution is -0.138. The summed E-state index contributed by atoms with van der Waals surface area (Å²) in [7, 11) is 0. The highest BCUT2D eigenvalue weighted by atomic mass is 16.2. The third-order valence-electron chi connectivity index (χ3n) is 3.76. The SMILES string of the molecule is CCc1ccc(NC(=O)C(C)(C)C(=O)NCCC(C)C)cc1. The van der Waals surface area contributed by atoms with Crippen LogP contribution in [0, 0.1) is 11.3 Å². The number of amides is 2. The van der Waals surface area contributed by atoms with Crippen LogP contribution in [0.5, 0.6) is 0 Å². The van der Waals surface area contributed by atoms with Gasteiger partial charge in [0.05, 0.1) is 0 Å². The molecule has 0 aromatic heterocycles. The molecule has 0 bridgehead atoms. The first-order valence-corrected chi connectivity index (χ1v) is 7.96. The second kappa shape index (κ2) is 7.97. The van der Waals surface area contributed by atoms with E-state index in [1.807, 2.05) is 24.3 Å². The highest BCUT2D eigenvalue weighted by Crippen LogP contribution is 2.19. The van der Waals surface area contributed by atoms with Crippen molar-refractivity contribution in [1.82, 2.24) is 5.32 Å². The van der Waals surface area contributed by atoms with Gasteiger partial charge in [-0.2, -0.15) is 0 Å². The molecule has 2 N–H and O–H groups in total. The van der Waals surface area contributed by atoms with Gasteiger partial charge in [-0.25, -0.2) is 0 Å². The van der Waals surface area contributed by atoms with Crippen LogP contribution in [0.15, 0.2) is 24.3 Å². The molecule has 1 aromatic carbocycles. The summed E-state index contributed by atoms with van der Waals surface area (Å²) in [6, 6.07) is 7.68. The average Bonchev–Trinajstić information content (AvgIpc) is 2.47. The van der Waals surface area contributed by atoms with E-state index in [0.717, 1.165) is 12.8 Å². The summed E-state index contributed by atoms with van der Waals surface area (Å²) in [6.07, 6.45) is 1.86. The number of benzene rings is 1. The fraction of sp³-hybridized carbons (Fsp3) is 0.556. The zero-order valence-electron chi connectivity index (χ0n) is 14.3. The standard InChI is InChI=1S/C18H28N2O2/c1-6-14-7-9-15(10-8-14)20-17(22)18(4,5)16(21)19-12-11-13(2)3/h7-10,13H,6,11-12H2,1-5H3,(H,19,21)(H,20,22). The molecule has 2 amide bonds. The highest BCUT2D eigenvalue weighted by molar-refractivity contribution is 6.09. The van der Waals surface area contributed by atoms with E-state index in [4.69, 9.17) is 0 Å². The second-order valence-electron chi connectivity index (χ2n) is 6.57. The Hall–Kier alpha value is -1.84. The average molecular weight is 304 g/mol. The minimum Gasteiger partial charge on any atom is -0.355 e. The molecule has 22 heavy (non-hydrogen) atoms.